The minimum atomic E-state index is -0.332. The monoisotopic (exact) mass is 310 g/mol. The molecule has 2 rings (SSSR count). The molecule has 0 atom stereocenters. The van der Waals surface area contributed by atoms with Crippen LogP contribution in [0.15, 0.2) is 27.7 Å². The molecular weight excluding hydrogens is 296 g/mol. The number of amides is 2. The molecule has 2 heterocycles. The lowest BCUT2D eigenvalue weighted by molar-refractivity contribution is -0.133. The minimum absolute atomic E-state index is 0.206. The molecule has 1 fully saturated rings. The number of thioether (sulfide) groups is 1. The summed E-state index contributed by atoms with van der Waals surface area (Å²) in [5, 5.41) is 1.12. The van der Waals surface area contributed by atoms with Gasteiger partial charge in [-0.25, -0.2) is 0 Å². The van der Waals surface area contributed by atoms with Gasteiger partial charge in [-0.3, -0.25) is 15.0 Å². The fourth-order valence-corrected chi connectivity index (χ4v) is 2.74. The molecule has 0 bridgehead atoms. The van der Waals surface area contributed by atoms with Gasteiger partial charge in [0.15, 0.2) is 4.32 Å². The zero-order chi connectivity index (χ0) is 14.5. The summed E-state index contributed by atoms with van der Waals surface area (Å²) >= 11 is 6.24. The molecule has 0 spiro atoms. The minimum Gasteiger partial charge on any atom is -0.465 e. The van der Waals surface area contributed by atoms with Crippen molar-refractivity contribution in [3.05, 3.63) is 29.1 Å². The van der Waals surface area contributed by atoms with Crippen molar-refractivity contribution < 1.29 is 14.0 Å². The van der Waals surface area contributed by atoms with E-state index < -0.39 is 0 Å². The first-order valence-electron chi connectivity index (χ1n) is 6.22. The highest BCUT2D eigenvalue weighted by Crippen LogP contribution is 2.31. The van der Waals surface area contributed by atoms with Crippen molar-refractivity contribution in [1.29, 1.82) is 0 Å². The Hall–Kier alpha value is -1.60. The molecule has 0 radical (unpaired) electrons. The summed E-state index contributed by atoms with van der Waals surface area (Å²) in [4.78, 5) is 24.2. The van der Waals surface area contributed by atoms with Crippen molar-refractivity contribution in [2.75, 3.05) is 0 Å². The predicted molar refractivity (Wildman–Crippen MR) is 81.4 cm³/mol. The van der Waals surface area contributed by atoms with Gasteiger partial charge in [0.05, 0.1) is 11.2 Å². The summed E-state index contributed by atoms with van der Waals surface area (Å²) in [6.45, 7) is 2.00. The third-order valence-corrected chi connectivity index (χ3v) is 3.91. The van der Waals surface area contributed by atoms with Crippen LogP contribution in [0.25, 0.3) is 6.08 Å². The molecule has 1 aliphatic rings. The van der Waals surface area contributed by atoms with Gasteiger partial charge in [-0.15, -0.1) is 0 Å². The molecular formula is C13H14N2O3S2. The first kappa shape index (κ1) is 14.8. The zero-order valence-corrected chi connectivity index (χ0v) is 12.6. The second-order valence-corrected chi connectivity index (χ2v) is 5.85. The van der Waals surface area contributed by atoms with E-state index in [1.165, 1.54) is 6.26 Å². The van der Waals surface area contributed by atoms with Crippen molar-refractivity contribution in [2.24, 2.45) is 0 Å². The van der Waals surface area contributed by atoms with Gasteiger partial charge < -0.3 is 4.42 Å². The number of carbonyl (C=O) groups excluding carboxylic acids is 2. The number of hydrazine groups is 1. The maximum Gasteiger partial charge on any atom is 0.285 e. The van der Waals surface area contributed by atoms with Crippen LogP contribution in [0.5, 0.6) is 0 Å². The maximum absolute atomic E-state index is 12.1. The quantitative estimate of drug-likeness (QED) is 0.669. The van der Waals surface area contributed by atoms with Crippen LogP contribution in [0.2, 0.25) is 0 Å². The van der Waals surface area contributed by atoms with E-state index >= 15 is 0 Å². The summed E-state index contributed by atoms with van der Waals surface area (Å²) < 4.78 is 5.47. The van der Waals surface area contributed by atoms with Crippen molar-refractivity contribution in [1.82, 2.24) is 10.4 Å². The molecule has 1 aromatic rings. The lowest BCUT2D eigenvalue weighted by Crippen LogP contribution is -2.44. The van der Waals surface area contributed by atoms with Gasteiger partial charge in [0.2, 0.25) is 5.91 Å². The standard InChI is InChI=1S/C13H14N2O3S2/c1-2-3-6-11(16)14-15-12(17)10(20-13(15)19)8-9-5-4-7-18-9/h4-5,7-8H,2-3,6H2,1H3,(H,14,16)/b10-8+. The molecule has 1 aliphatic heterocycles. The number of hydrogen-bond donors (Lipinski definition) is 1. The topological polar surface area (TPSA) is 62.6 Å². The van der Waals surface area contributed by atoms with Gasteiger partial charge >= 0.3 is 0 Å². The first-order valence-corrected chi connectivity index (χ1v) is 7.45. The third kappa shape index (κ3) is 3.49. The SMILES string of the molecule is CCCCC(=O)NN1C(=O)/C(=C\c2ccco2)SC1=S. The fraction of sp³-hybridized carbons (Fsp3) is 0.308. The molecule has 20 heavy (non-hydrogen) atoms. The number of unbranched alkanes of at least 4 members (excludes halogenated alkanes) is 1. The lowest BCUT2D eigenvalue weighted by atomic mass is 10.2. The average Bonchev–Trinajstić information content (AvgIpc) is 3.01. The van der Waals surface area contributed by atoms with Gasteiger partial charge in [0.1, 0.15) is 5.76 Å². The fourth-order valence-electron chi connectivity index (χ4n) is 1.58. The van der Waals surface area contributed by atoms with Gasteiger partial charge in [0.25, 0.3) is 5.91 Å². The van der Waals surface area contributed by atoms with E-state index in [0.717, 1.165) is 29.6 Å². The van der Waals surface area contributed by atoms with Crippen molar-refractivity contribution in [2.45, 2.75) is 26.2 Å². The molecule has 7 heteroatoms. The number of furan rings is 1. The summed E-state index contributed by atoms with van der Waals surface area (Å²) in [6.07, 6.45) is 5.22. The van der Waals surface area contributed by atoms with Crippen LogP contribution in [-0.4, -0.2) is 21.1 Å². The Bertz CT molecular complexity index is 552. The Labute approximate surface area is 126 Å². The van der Waals surface area contributed by atoms with Crippen molar-refractivity contribution in [3.63, 3.8) is 0 Å². The summed E-state index contributed by atoms with van der Waals surface area (Å²) in [7, 11) is 0. The third-order valence-electron chi connectivity index (χ3n) is 2.60. The average molecular weight is 310 g/mol. The summed E-state index contributed by atoms with van der Waals surface area (Å²) in [5.41, 5.74) is 2.53. The van der Waals surface area contributed by atoms with E-state index in [1.807, 2.05) is 6.92 Å². The second-order valence-electron chi connectivity index (χ2n) is 4.17. The highest BCUT2D eigenvalue weighted by atomic mass is 32.2. The zero-order valence-electron chi connectivity index (χ0n) is 10.9. The van der Waals surface area contributed by atoms with Crippen molar-refractivity contribution >= 4 is 46.2 Å². The molecule has 0 saturated carbocycles. The molecule has 0 aromatic carbocycles. The first-order chi connectivity index (χ1) is 9.61. The molecule has 2 amide bonds. The van der Waals surface area contributed by atoms with Gasteiger partial charge in [0, 0.05) is 12.5 Å². The number of thiocarbonyl (C=S) groups is 1. The van der Waals surface area contributed by atoms with Gasteiger partial charge in [-0.2, -0.15) is 5.01 Å². The predicted octanol–water partition coefficient (Wildman–Crippen LogP) is 2.70. The number of nitrogens with zero attached hydrogens (tertiary/aromatic N) is 1. The van der Waals surface area contributed by atoms with E-state index in [-0.39, 0.29) is 11.8 Å². The molecule has 1 saturated heterocycles. The number of rotatable bonds is 5. The summed E-state index contributed by atoms with van der Waals surface area (Å²) in [6, 6.07) is 3.48. The van der Waals surface area contributed by atoms with E-state index in [2.05, 4.69) is 5.43 Å². The molecule has 0 aliphatic carbocycles. The van der Waals surface area contributed by atoms with Crippen LogP contribution in [0, 0.1) is 0 Å². The Morgan fingerprint density at radius 1 is 1.60 bits per heavy atom. The lowest BCUT2D eigenvalue weighted by Gasteiger charge is -2.15. The molecule has 106 valence electrons. The number of hydrogen-bond acceptors (Lipinski definition) is 5. The molecule has 5 nitrogen and oxygen atoms in total. The Morgan fingerprint density at radius 3 is 3.05 bits per heavy atom. The smallest absolute Gasteiger partial charge is 0.285 e. The highest BCUT2D eigenvalue weighted by Gasteiger charge is 2.33. The normalized spacial score (nSPS) is 17.1. The van der Waals surface area contributed by atoms with Crippen molar-refractivity contribution in [3.8, 4) is 0 Å². The second kappa shape index (κ2) is 6.71. The number of nitrogens with one attached hydrogen (secondary N) is 1. The van der Waals surface area contributed by atoms with Crippen LogP contribution in [0.1, 0.15) is 31.9 Å². The van der Waals surface area contributed by atoms with Crippen LogP contribution >= 0.6 is 24.0 Å². The molecule has 1 N–H and O–H groups in total. The van der Waals surface area contributed by atoms with E-state index in [0.29, 0.717) is 21.4 Å². The van der Waals surface area contributed by atoms with E-state index in [1.54, 1.807) is 18.2 Å². The molecule has 1 aromatic heterocycles. The van der Waals surface area contributed by atoms with Crippen LogP contribution < -0.4 is 5.43 Å². The molecule has 0 unspecified atom stereocenters. The van der Waals surface area contributed by atoms with E-state index in [9.17, 15) is 9.59 Å². The Morgan fingerprint density at radius 2 is 2.40 bits per heavy atom. The highest BCUT2D eigenvalue weighted by molar-refractivity contribution is 8.26. The van der Waals surface area contributed by atoms with Gasteiger partial charge in [-0.05, 0) is 30.8 Å². The van der Waals surface area contributed by atoms with Crippen LogP contribution in [0.3, 0.4) is 0 Å². The van der Waals surface area contributed by atoms with E-state index in [4.69, 9.17) is 16.6 Å². The van der Waals surface area contributed by atoms with Crippen LogP contribution in [-0.2, 0) is 9.59 Å². The summed E-state index contributed by atoms with van der Waals surface area (Å²) in [5.74, 6) is 0.0338. The number of carbonyl (C=O) groups is 2. The Balaban J connectivity index is 2.04. The van der Waals surface area contributed by atoms with Gasteiger partial charge in [-0.1, -0.05) is 25.1 Å². The maximum atomic E-state index is 12.1. The largest absolute Gasteiger partial charge is 0.465 e. The Kier molecular flexibility index (Phi) is 4.97. The van der Waals surface area contributed by atoms with Crippen LogP contribution in [0.4, 0.5) is 0 Å².